The van der Waals surface area contributed by atoms with Crippen molar-refractivity contribution < 1.29 is 17.9 Å². The molecule has 1 aromatic rings. The normalized spacial score (nSPS) is 27.3. The Hall–Kier alpha value is -1.76. The van der Waals surface area contributed by atoms with Crippen LogP contribution in [0.4, 0.5) is 13.2 Å². The molecule has 0 saturated carbocycles. The summed E-state index contributed by atoms with van der Waals surface area (Å²) in [6.45, 7) is 0.416. The molecule has 3 atom stereocenters. The molecule has 23 heavy (non-hydrogen) atoms. The van der Waals surface area contributed by atoms with Crippen molar-refractivity contribution in [2.24, 2.45) is 4.99 Å². The first kappa shape index (κ1) is 16.1. The van der Waals surface area contributed by atoms with Crippen LogP contribution in [0, 0.1) is 0 Å². The van der Waals surface area contributed by atoms with Gasteiger partial charge in [-0.05, 0) is 37.0 Å². The molecule has 2 bridgehead atoms. The van der Waals surface area contributed by atoms with Crippen LogP contribution in [0.25, 0.3) is 0 Å². The molecule has 2 aliphatic heterocycles. The van der Waals surface area contributed by atoms with E-state index < -0.39 is 11.7 Å². The van der Waals surface area contributed by atoms with Crippen molar-refractivity contribution in [3.05, 3.63) is 35.4 Å². The molecule has 0 radical (unpaired) electrons. The van der Waals surface area contributed by atoms with Crippen LogP contribution < -0.4 is 10.6 Å². The number of nitrogens with zero attached hydrogens (tertiary/aromatic N) is 1. The first-order chi connectivity index (χ1) is 11.0. The molecule has 2 N–H and O–H groups in total. The molecule has 126 valence electrons. The maximum Gasteiger partial charge on any atom is 0.416 e. The third kappa shape index (κ3) is 3.77. The fourth-order valence-corrected chi connectivity index (χ4v) is 3.16. The average Bonchev–Trinajstić information content (AvgIpc) is 3.13. The Morgan fingerprint density at radius 2 is 2.00 bits per heavy atom. The fourth-order valence-electron chi connectivity index (χ4n) is 3.16. The maximum absolute atomic E-state index is 12.5. The highest BCUT2D eigenvalue weighted by atomic mass is 19.4. The summed E-state index contributed by atoms with van der Waals surface area (Å²) >= 11 is 0. The van der Waals surface area contributed by atoms with Crippen LogP contribution in [0.5, 0.6) is 0 Å². The van der Waals surface area contributed by atoms with Crippen molar-refractivity contribution >= 4 is 5.96 Å². The first-order valence-corrected chi connectivity index (χ1v) is 7.74. The van der Waals surface area contributed by atoms with Crippen molar-refractivity contribution in [3.8, 4) is 0 Å². The number of ether oxygens (including phenoxy) is 1. The Kier molecular flexibility index (Phi) is 4.48. The lowest BCUT2D eigenvalue weighted by Crippen LogP contribution is -2.47. The number of hydrogen-bond donors (Lipinski definition) is 2. The lowest BCUT2D eigenvalue weighted by atomic mass is 9.96. The summed E-state index contributed by atoms with van der Waals surface area (Å²) in [5, 5.41) is 6.47. The van der Waals surface area contributed by atoms with E-state index >= 15 is 0 Å². The minimum atomic E-state index is -4.30. The molecule has 0 aliphatic carbocycles. The van der Waals surface area contributed by atoms with E-state index in [9.17, 15) is 13.2 Å². The summed E-state index contributed by atoms with van der Waals surface area (Å²) in [4.78, 5) is 4.17. The summed E-state index contributed by atoms with van der Waals surface area (Å²) < 4.78 is 43.4. The molecular weight excluding hydrogens is 307 g/mol. The number of fused-ring (bicyclic) bond motifs is 2. The number of benzene rings is 1. The van der Waals surface area contributed by atoms with Crippen molar-refractivity contribution in [3.63, 3.8) is 0 Å². The highest BCUT2D eigenvalue weighted by molar-refractivity contribution is 5.80. The van der Waals surface area contributed by atoms with Crippen LogP contribution in [-0.4, -0.2) is 31.3 Å². The second-order valence-electron chi connectivity index (χ2n) is 5.98. The molecule has 2 aliphatic rings. The smallest absolute Gasteiger partial charge is 0.373 e. The quantitative estimate of drug-likeness (QED) is 0.663. The Labute approximate surface area is 133 Å². The molecule has 1 aromatic carbocycles. The summed E-state index contributed by atoms with van der Waals surface area (Å²) in [5.74, 6) is 0.644. The van der Waals surface area contributed by atoms with Gasteiger partial charge in [-0.1, -0.05) is 12.1 Å². The zero-order valence-electron chi connectivity index (χ0n) is 12.9. The monoisotopic (exact) mass is 327 g/mol. The molecule has 0 spiro atoms. The third-order valence-electron chi connectivity index (χ3n) is 4.39. The fraction of sp³-hybridized carbons (Fsp3) is 0.562. The van der Waals surface area contributed by atoms with E-state index in [0.29, 0.717) is 18.6 Å². The van der Waals surface area contributed by atoms with Crippen LogP contribution in [0.2, 0.25) is 0 Å². The lowest BCUT2D eigenvalue weighted by molar-refractivity contribution is -0.137. The second kappa shape index (κ2) is 6.39. The van der Waals surface area contributed by atoms with Gasteiger partial charge in [0, 0.05) is 13.6 Å². The number of nitrogens with one attached hydrogen (secondary N) is 2. The SMILES string of the molecule is CN=C(NCc1ccc(C(F)(F)F)cc1)NC1CC2CCC1O2. The van der Waals surface area contributed by atoms with Gasteiger partial charge in [0.1, 0.15) is 0 Å². The average molecular weight is 327 g/mol. The van der Waals surface area contributed by atoms with Gasteiger partial charge < -0.3 is 15.4 Å². The van der Waals surface area contributed by atoms with Crippen molar-refractivity contribution in [1.82, 2.24) is 10.6 Å². The van der Waals surface area contributed by atoms with Gasteiger partial charge in [0.15, 0.2) is 5.96 Å². The van der Waals surface area contributed by atoms with E-state index in [1.165, 1.54) is 12.1 Å². The predicted molar refractivity (Wildman–Crippen MR) is 81.1 cm³/mol. The minimum absolute atomic E-state index is 0.240. The number of hydrogen-bond acceptors (Lipinski definition) is 2. The van der Waals surface area contributed by atoms with Crippen molar-refractivity contribution in [2.45, 2.75) is 50.2 Å². The highest BCUT2D eigenvalue weighted by Crippen LogP contribution is 2.34. The molecule has 2 heterocycles. The molecule has 2 saturated heterocycles. The molecule has 3 rings (SSSR count). The number of halogens is 3. The van der Waals surface area contributed by atoms with E-state index in [2.05, 4.69) is 15.6 Å². The van der Waals surface area contributed by atoms with Crippen LogP contribution in [0.3, 0.4) is 0 Å². The summed E-state index contributed by atoms with van der Waals surface area (Å²) in [7, 11) is 1.68. The molecule has 4 nitrogen and oxygen atoms in total. The van der Waals surface area contributed by atoms with Crippen LogP contribution >= 0.6 is 0 Å². The summed E-state index contributed by atoms with van der Waals surface area (Å²) in [5.41, 5.74) is 0.132. The number of aliphatic imine (C=N–C) groups is 1. The minimum Gasteiger partial charge on any atom is -0.373 e. The van der Waals surface area contributed by atoms with Gasteiger partial charge in [-0.15, -0.1) is 0 Å². The van der Waals surface area contributed by atoms with Crippen LogP contribution in [0.1, 0.15) is 30.4 Å². The maximum atomic E-state index is 12.5. The van der Waals surface area contributed by atoms with E-state index in [1.807, 2.05) is 0 Å². The zero-order chi connectivity index (χ0) is 16.4. The van der Waals surface area contributed by atoms with Crippen LogP contribution in [-0.2, 0) is 17.5 Å². The summed E-state index contributed by atoms with van der Waals surface area (Å²) in [6.07, 6.45) is -0.537. The van der Waals surface area contributed by atoms with E-state index in [-0.39, 0.29) is 12.1 Å². The van der Waals surface area contributed by atoms with E-state index in [4.69, 9.17) is 4.74 Å². The van der Waals surface area contributed by atoms with Gasteiger partial charge in [0.05, 0.1) is 23.8 Å². The Morgan fingerprint density at radius 1 is 1.26 bits per heavy atom. The van der Waals surface area contributed by atoms with Gasteiger partial charge in [-0.3, -0.25) is 4.99 Å². The zero-order valence-corrected chi connectivity index (χ0v) is 12.9. The third-order valence-corrected chi connectivity index (χ3v) is 4.39. The van der Waals surface area contributed by atoms with E-state index in [1.54, 1.807) is 7.05 Å². The van der Waals surface area contributed by atoms with Gasteiger partial charge in [-0.2, -0.15) is 13.2 Å². The molecule has 7 heteroatoms. The molecule has 3 unspecified atom stereocenters. The van der Waals surface area contributed by atoms with Gasteiger partial charge in [0.2, 0.25) is 0 Å². The highest BCUT2D eigenvalue weighted by Gasteiger charge is 2.41. The molecule has 2 fully saturated rings. The Balaban J connectivity index is 1.52. The Bertz CT molecular complexity index is 571. The first-order valence-electron chi connectivity index (χ1n) is 7.74. The topological polar surface area (TPSA) is 45.7 Å². The van der Waals surface area contributed by atoms with E-state index in [0.717, 1.165) is 37.0 Å². The molecule has 0 amide bonds. The number of rotatable bonds is 3. The molecular formula is C16H20F3N3O. The van der Waals surface area contributed by atoms with Gasteiger partial charge in [-0.25, -0.2) is 0 Å². The standard InChI is InChI=1S/C16H20F3N3O/c1-20-15(22-13-8-12-6-7-14(13)23-12)21-9-10-2-4-11(5-3-10)16(17,18)19/h2-5,12-14H,6-9H2,1H3,(H2,20,21,22). The molecule has 0 aromatic heterocycles. The summed E-state index contributed by atoms with van der Waals surface area (Å²) in [6, 6.07) is 5.40. The van der Waals surface area contributed by atoms with Crippen molar-refractivity contribution in [1.29, 1.82) is 0 Å². The Morgan fingerprint density at radius 3 is 2.52 bits per heavy atom. The lowest BCUT2D eigenvalue weighted by Gasteiger charge is -2.22. The van der Waals surface area contributed by atoms with Gasteiger partial charge >= 0.3 is 6.18 Å². The predicted octanol–water partition coefficient (Wildman–Crippen LogP) is 2.69. The second-order valence-corrected chi connectivity index (χ2v) is 5.98. The number of guanidine groups is 1. The van der Waals surface area contributed by atoms with Crippen molar-refractivity contribution in [2.75, 3.05) is 7.05 Å². The number of alkyl halides is 3. The van der Waals surface area contributed by atoms with Crippen LogP contribution in [0.15, 0.2) is 29.3 Å². The largest absolute Gasteiger partial charge is 0.416 e. The van der Waals surface area contributed by atoms with Gasteiger partial charge in [0.25, 0.3) is 0 Å².